The number of hydrogen-bond acceptors (Lipinski definition) is 5. The van der Waals surface area contributed by atoms with Gasteiger partial charge in [-0.3, -0.25) is 5.14 Å². The van der Waals surface area contributed by atoms with Crippen LogP contribution >= 0.6 is 12.1 Å². The van der Waals surface area contributed by atoms with E-state index < -0.39 is 0 Å². The Morgan fingerprint density at radius 2 is 2.44 bits per heavy atom. The van der Waals surface area contributed by atoms with Gasteiger partial charge < -0.3 is 5.21 Å². The van der Waals surface area contributed by atoms with Crippen molar-refractivity contribution in [2.24, 2.45) is 10.3 Å². The lowest BCUT2D eigenvalue weighted by molar-refractivity contribution is 0.316. The minimum absolute atomic E-state index is 0.0185. The van der Waals surface area contributed by atoms with Crippen LogP contribution in [0, 0.1) is 0 Å². The first-order valence-corrected chi connectivity index (χ1v) is 3.40. The SMILES string of the molecule is CC(=NO)C(C)NSN. The molecule has 0 aromatic heterocycles. The Hall–Kier alpha value is -0.260. The zero-order valence-corrected chi connectivity index (χ0v) is 6.27. The predicted octanol–water partition coefficient (Wildman–Crippen LogP) is 0.336. The van der Waals surface area contributed by atoms with Crippen LogP contribution in [0.1, 0.15) is 13.8 Å². The molecule has 0 aromatic rings. The van der Waals surface area contributed by atoms with Crippen LogP contribution in [0.3, 0.4) is 0 Å². The van der Waals surface area contributed by atoms with Crippen molar-refractivity contribution >= 4 is 17.8 Å². The van der Waals surface area contributed by atoms with E-state index in [1.807, 2.05) is 6.92 Å². The number of nitrogens with two attached hydrogens (primary N) is 1. The fourth-order valence-electron chi connectivity index (χ4n) is 0.274. The van der Waals surface area contributed by atoms with Crippen LogP contribution < -0.4 is 9.86 Å². The molecule has 0 aromatic carbocycles. The van der Waals surface area contributed by atoms with Gasteiger partial charge in [0.05, 0.1) is 11.8 Å². The molecule has 0 fully saturated rings. The maximum Gasteiger partial charge on any atom is 0.0715 e. The molecule has 1 unspecified atom stereocenters. The second kappa shape index (κ2) is 4.60. The van der Waals surface area contributed by atoms with Gasteiger partial charge in [-0.05, 0) is 13.8 Å². The van der Waals surface area contributed by atoms with E-state index in [9.17, 15) is 0 Å². The smallest absolute Gasteiger partial charge is 0.0715 e. The van der Waals surface area contributed by atoms with Gasteiger partial charge >= 0.3 is 0 Å². The van der Waals surface area contributed by atoms with Gasteiger partial charge in [-0.2, -0.15) is 0 Å². The van der Waals surface area contributed by atoms with Crippen LogP contribution in [0.2, 0.25) is 0 Å². The molecule has 9 heavy (non-hydrogen) atoms. The van der Waals surface area contributed by atoms with Gasteiger partial charge in [-0.25, -0.2) is 4.72 Å². The highest BCUT2D eigenvalue weighted by atomic mass is 32.2. The van der Waals surface area contributed by atoms with Gasteiger partial charge in [0.2, 0.25) is 0 Å². The Labute approximate surface area is 58.8 Å². The van der Waals surface area contributed by atoms with Crippen LogP contribution in [0.15, 0.2) is 5.16 Å². The molecule has 4 N–H and O–H groups in total. The summed E-state index contributed by atoms with van der Waals surface area (Å²) < 4.78 is 2.80. The van der Waals surface area contributed by atoms with Crippen LogP contribution in [0.25, 0.3) is 0 Å². The summed E-state index contributed by atoms with van der Waals surface area (Å²) in [7, 11) is 0. The Kier molecular flexibility index (Phi) is 4.47. The van der Waals surface area contributed by atoms with Crippen LogP contribution in [0.4, 0.5) is 0 Å². The van der Waals surface area contributed by atoms with Crippen LogP contribution in [-0.4, -0.2) is 17.0 Å². The summed E-state index contributed by atoms with van der Waals surface area (Å²) in [6, 6.07) is 0.0185. The minimum Gasteiger partial charge on any atom is -0.411 e. The standard InChI is InChI=1S/C4H11N3OS/c1-3(6-8)4(2)7-9-5/h4,7-8H,5H2,1-2H3. The van der Waals surface area contributed by atoms with E-state index in [0.29, 0.717) is 5.71 Å². The highest BCUT2D eigenvalue weighted by Crippen LogP contribution is 1.89. The van der Waals surface area contributed by atoms with Gasteiger partial charge in [-0.15, -0.1) is 0 Å². The summed E-state index contributed by atoms with van der Waals surface area (Å²) in [5.74, 6) is 0. The molecular formula is C4H11N3OS. The van der Waals surface area contributed by atoms with Gasteiger partial charge in [0.1, 0.15) is 0 Å². The van der Waals surface area contributed by atoms with E-state index in [-0.39, 0.29) is 6.04 Å². The Morgan fingerprint density at radius 3 is 2.78 bits per heavy atom. The van der Waals surface area contributed by atoms with Crippen molar-refractivity contribution in [3.8, 4) is 0 Å². The minimum atomic E-state index is 0.0185. The van der Waals surface area contributed by atoms with Crippen molar-refractivity contribution in [3.05, 3.63) is 0 Å². The highest BCUT2D eigenvalue weighted by molar-refractivity contribution is 7.95. The third-order valence-corrected chi connectivity index (χ3v) is 1.52. The van der Waals surface area contributed by atoms with E-state index in [2.05, 4.69) is 9.88 Å². The maximum atomic E-state index is 8.23. The van der Waals surface area contributed by atoms with Crippen molar-refractivity contribution in [3.63, 3.8) is 0 Å². The Morgan fingerprint density at radius 1 is 1.89 bits per heavy atom. The number of nitrogens with zero attached hydrogens (tertiary/aromatic N) is 1. The number of oxime groups is 1. The van der Waals surface area contributed by atoms with E-state index in [1.165, 1.54) is 0 Å². The Bertz CT molecular complexity index is 106. The summed E-state index contributed by atoms with van der Waals surface area (Å²) in [6.45, 7) is 3.57. The van der Waals surface area contributed by atoms with Crippen molar-refractivity contribution < 1.29 is 5.21 Å². The molecular weight excluding hydrogens is 138 g/mol. The zero-order valence-electron chi connectivity index (χ0n) is 5.46. The topological polar surface area (TPSA) is 70.6 Å². The molecule has 0 spiro atoms. The van der Waals surface area contributed by atoms with E-state index in [1.54, 1.807) is 6.92 Å². The molecule has 0 aliphatic rings. The lowest BCUT2D eigenvalue weighted by Gasteiger charge is -2.07. The van der Waals surface area contributed by atoms with Crippen LogP contribution in [-0.2, 0) is 0 Å². The number of nitrogens with one attached hydrogen (secondary N) is 1. The van der Waals surface area contributed by atoms with Gasteiger partial charge in [0.15, 0.2) is 0 Å². The van der Waals surface area contributed by atoms with Crippen LogP contribution in [0.5, 0.6) is 0 Å². The largest absolute Gasteiger partial charge is 0.411 e. The molecule has 5 heteroatoms. The van der Waals surface area contributed by atoms with E-state index >= 15 is 0 Å². The molecule has 0 radical (unpaired) electrons. The average Bonchev–Trinajstić information content (AvgIpc) is 1.87. The zero-order chi connectivity index (χ0) is 7.28. The lowest BCUT2D eigenvalue weighted by Crippen LogP contribution is -2.28. The molecule has 0 heterocycles. The van der Waals surface area contributed by atoms with Crippen molar-refractivity contribution in [1.82, 2.24) is 4.72 Å². The second-order valence-electron chi connectivity index (χ2n) is 1.70. The molecule has 0 amide bonds. The third kappa shape index (κ3) is 3.34. The van der Waals surface area contributed by atoms with Crippen molar-refractivity contribution in [2.75, 3.05) is 0 Å². The summed E-state index contributed by atoms with van der Waals surface area (Å²) in [5.41, 5.74) is 0.618. The fourth-order valence-corrected chi connectivity index (χ4v) is 0.649. The van der Waals surface area contributed by atoms with E-state index in [0.717, 1.165) is 12.1 Å². The second-order valence-corrected chi connectivity index (χ2v) is 2.17. The molecule has 0 aliphatic heterocycles. The monoisotopic (exact) mass is 149 g/mol. The summed E-state index contributed by atoms with van der Waals surface area (Å²) >= 11 is 1.01. The average molecular weight is 149 g/mol. The third-order valence-electron chi connectivity index (χ3n) is 1.03. The summed E-state index contributed by atoms with van der Waals surface area (Å²) in [4.78, 5) is 0. The summed E-state index contributed by atoms with van der Waals surface area (Å²) in [6.07, 6.45) is 0. The molecule has 0 saturated heterocycles. The molecule has 1 atom stereocenters. The first-order chi connectivity index (χ1) is 4.22. The Balaban J connectivity index is 3.59. The van der Waals surface area contributed by atoms with Crippen molar-refractivity contribution in [2.45, 2.75) is 19.9 Å². The summed E-state index contributed by atoms with van der Waals surface area (Å²) in [5, 5.41) is 16.3. The molecule has 0 saturated carbocycles. The molecule has 0 aliphatic carbocycles. The molecule has 0 bridgehead atoms. The van der Waals surface area contributed by atoms with Gasteiger partial charge in [0, 0.05) is 12.1 Å². The lowest BCUT2D eigenvalue weighted by atomic mass is 10.2. The predicted molar refractivity (Wildman–Crippen MR) is 39.3 cm³/mol. The highest BCUT2D eigenvalue weighted by Gasteiger charge is 2.02. The van der Waals surface area contributed by atoms with E-state index in [4.69, 9.17) is 10.3 Å². The molecule has 0 rings (SSSR count). The number of hydrogen-bond donors (Lipinski definition) is 3. The molecule has 4 nitrogen and oxygen atoms in total. The fraction of sp³-hybridized carbons (Fsp3) is 0.750. The number of rotatable bonds is 3. The quantitative estimate of drug-likeness (QED) is 0.234. The normalized spacial score (nSPS) is 15.7. The first kappa shape index (κ1) is 8.74. The first-order valence-electron chi connectivity index (χ1n) is 2.52. The van der Waals surface area contributed by atoms with Crippen molar-refractivity contribution in [1.29, 1.82) is 0 Å². The maximum absolute atomic E-state index is 8.23. The molecule has 54 valence electrons. The van der Waals surface area contributed by atoms with Gasteiger partial charge in [0.25, 0.3) is 0 Å². The van der Waals surface area contributed by atoms with Gasteiger partial charge in [-0.1, -0.05) is 5.16 Å².